The van der Waals surface area contributed by atoms with Gasteiger partial charge in [0.05, 0.1) is 13.2 Å². The van der Waals surface area contributed by atoms with Crippen molar-refractivity contribution in [2.24, 2.45) is 0 Å². The lowest BCUT2D eigenvalue weighted by molar-refractivity contribution is 0.411. The molecule has 0 radical (unpaired) electrons. The van der Waals surface area contributed by atoms with Crippen LogP contribution in [0, 0.1) is 6.92 Å². The SMILES string of the molecule is CCc1cnc(C(C)NCc2ccc(OC)c(C)c2)s1. The van der Waals surface area contributed by atoms with Crippen LogP contribution in [0.4, 0.5) is 0 Å². The van der Waals surface area contributed by atoms with Crippen molar-refractivity contribution in [2.75, 3.05) is 7.11 Å². The van der Waals surface area contributed by atoms with Crippen molar-refractivity contribution in [3.63, 3.8) is 0 Å². The fourth-order valence-electron chi connectivity index (χ4n) is 2.10. The van der Waals surface area contributed by atoms with Gasteiger partial charge >= 0.3 is 0 Å². The molecule has 0 aliphatic carbocycles. The van der Waals surface area contributed by atoms with Crippen LogP contribution in [0.3, 0.4) is 0 Å². The molecule has 2 rings (SSSR count). The highest BCUT2D eigenvalue weighted by Gasteiger charge is 2.09. The molecule has 0 amide bonds. The molecule has 1 heterocycles. The van der Waals surface area contributed by atoms with Crippen LogP contribution in [0.15, 0.2) is 24.4 Å². The molecule has 1 unspecified atom stereocenters. The van der Waals surface area contributed by atoms with E-state index >= 15 is 0 Å². The molecule has 108 valence electrons. The molecule has 1 atom stereocenters. The molecule has 0 saturated heterocycles. The summed E-state index contributed by atoms with van der Waals surface area (Å²) in [6.45, 7) is 7.23. The maximum Gasteiger partial charge on any atom is 0.121 e. The van der Waals surface area contributed by atoms with E-state index < -0.39 is 0 Å². The number of methoxy groups -OCH3 is 1. The molecule has 3 nitrogen and oxygen atoms in total. The number of hydrogen-bond donors (Lipinski definition) is 1. The lowest BCUT2D eigenvalue weighted by Gasteiger charge is -2.12. The van der Waals surface area contributed by atoms with E-state index in [-0.39, 0.29) is 6.04 Å². The average Bonchev–Trinajstić information content (AvgIpc) is 2.94. The van der Waals surface area contributed by atoms with E-state index in [1.807, 2.05) is 12.3 Å². The van der Waals surface area contributed by atoms with Crippen LogP contribution in [-0.2, 0) is 13.0 Å². The highest BCUT2D eigenvalue weighted by Crippen LogP contribution is 2.22. The molecule has 0 saturated carbocycles. The zero-order valence-corrected chi connectivity index (χ0v) is 13.4. The van der Waals surface area contributed by atoms with Gasteiger partial charge in [0.2, 0.25) is 0 Å². The van der Waals surface area contributed by atoms with Gasteiger partial charge in [0.25, 0.3) is 0 Å². The molecule has 20 heavy (non-hydrogen) atoms. The zero-order valence-electron chi connectivity index (χ0n) is 12.6. The Morgan fingerprint density at radius 2 is 2.20 bits per heavy atom. The summed E-state index contributed by atoms with van der Waals surface area (Å²) in [6, 6.07) is 6.57. The van der Waals surface area contributed by atoms with Gasteiger partial charge in [-0.15, -0.1) is 11.3 Å². The van der Waals surface area contributed by atoms with Gasteiger partial charge in [-0.05, 0) is 37.5 Å². The molecule has 1 aromatic carbocycles. The fourth-order valence-corrected chi connectivity index (χ4v) is 2.98. The van der Waals surface area contributed by atoms with Gasteiger partial charge < -0.3 is 10.1 Å². The molecule has 2 aromatic rings. The molecular weight excluding hydrogens is 268 g/mol. The summed E-state index contributed by atoms with van der Waals surface area (Å²) in [5, 5.41) is 4.68. The molecule has 0 aliphatic heterocycles. The molecule has 0 fully saturated rings. The van der Waals surface area contributed by atoms with Crippen LogP contribution in [-0.4, -0.2) is 12.1 Å². The Kier molecular flexibility index (Phi) is 5.15. The lowest BCUT2D eigenvalue weighted by Crippen LogP contribution is -2.17. The first-order chi connectivity index (χ1) is 9.63. The number of nitrogens with zero attached hydrogens (tertiary/aromatic N) is 1. The highest BCUT2D eigenvalue weighted by atomic mass is 32.1. The van der Waals surface area contributed by atoms with Crippen LogP contribution in [0.5, 0.6) is 5.75 Å². The second-order valence-corrected chi connectivity index (χ2v) is 6.07. The van der Waals surface area contributed by atoms with Gasteiger partial charge in [-0.1, -0.05) is 19.1 Å². The minimum Gasteiger partial charge on any atom is -0.496 e. The minimum absolute atomic E-state index is 0.280. The molecule has 0 spiro atoms. The minimum atomic E-state index is 0.280. The summed E-state index contributed by atoms with van der Waals surface area (Å²) >= 11 is 1.79. The van der Waals surface area contributed by atoms with E-state index in [1.54, 1.807) is 18.4 Å². The predicted octanol–water partition coefficient (Wildman–Crippen LogP) is 3.87. The maximum atomic E-state index is 5.28. The van der Waals surface area contributed by atoms with Crippen LogP contribution in [0.1, 0.15) is 40.9 Å². The molecular formula is C16H22N2OS. The highest BCUT2D eigenvalue weighted by molar-refractivity contribution is 7.11. The number of thiazole rings is 1. The smallest absolute Gasteiger partial charge is 0.121 e. The number of hydrogen-bond acceptors (Lipinski definition) is 4. The molecule has 0 aliphatic rings. The monoisotopic (exact) mass is 290 g/mol. The van der Waals surface area contributed by atoms with E-state index in [2.05, 4.69) is 43.2 Å². The van der Waals surface area contributed by atoms with E-state index in [9.17, 15) is 0 Å². The summed E-state index contributed by atoms with van der Waals surface area (Å²) in [5.74, 6) is 0.939. The van der Waals surface area contributed by atoms with Crippen LogP contribution >= 0.6 is 11.3 Å². The summed E-state index contributed by atoms with van der Waals surface area (Å²) in [4.78, 5) is 5.82. The van der Waals surface area contributed by atoms with Crippen molar-refractivity contribution in [3.05, 3.63) is 45.4 Å². The van der Waals surface area contributed by atoms with Gasteiger partial charge in [0.15, 0.2) is 0 Å². The Hall–Kier alpha value is -1.39. The quantitative estimate of drug-likeness (QED) is 0.877. The zero-order chi connectivity index (χ0) is 14.5. The second kappa shape index (κ2) is 6.86. The van der Waals surface area contributed by atoms with Crippen molar-refractivity contribution < 1.29 is 4.74 Å². The third-order valence-electron chi connectivity index (χ3n) is 3.36. The van der Waals surface area contributed by atoms with E-state index in [0.29, 0.717) is 0 Å². The molecule has 1 aromatic heterocycles. The Morgan fingerprint density at radius 1 is 1.40 bits per heavy atom. The summed E-state index contributed by atoms with van der Waals surface area (Å²) in [6.07, 6.45) is 3.04. The van der Waals surface area contributed by atoms with Gasteiger partial charge in [0, 0.05) is 17.6 Å². The van der Waals surface area contributed by atoms with Crippen molar-refractivity contribution in [3.8, 4) is 5.75 Å². The fraction of sp³-hybridized carbons (Fsp3) is 0.438. The Morgan fingerprint density at radius 3 is 2.80 bits per heavy atom. The number of benzene rings is 1. The van der Waals surface area contributed by atoms with Gasteiger partial charge in [-0.25, -0.2) is 4.98 Å². The van der Waals surface area contributed by atoms with Crippen molar-refractivity contribution >= 4 is 11.3 Å². The Labute approximate surface area is 125 Å². The summed E-state index contributed by atoms with van der Waals surface area (Å²) in [5.41, 5.74) is 2.43. The third kappa shape index (κ3) is 3.58. The molecule has 4 heteroatoms. The first-order valence-electron chi connectivity index (χ1n) is 6.95. The van der Waals surface area contributed by atoms with Crippen LogP contribution in [0.2, 0.25) is 0 Å². The van der Waals surface area contributed by atoms with Crippen molar-refractivity contribution in [1.29, 1.82) is 0 Å². The van der Waals surface area contributed by atoms with Crippen molar-refractivity contribution in [1.82, 2.24) is 10.3 Å². The Bertz CT molecular complexity index is 565. The lowest BCUT2D eigenvalue weighted by atomic mass is 10.1. The van der Waals surface area contributed by atoms with E-state index in [4.69, 9.17) is 4.74 Å². The summed E-state index contributed by atoms with van der Waals surface area (Å²) < 4.78 is 5.28. The number of aromatic nitrogens is 1. The summed E-state index contributed by atoms with van der Waals surface area (Å²) in [7, 11) is 1.70. The second-order valence-electron chi connectivity index (χ2n) is 4.92. The number of rotatable bonds is 6. The normalized spacial score (nSPS) is 12.4. The van der Waals surface area contributed by atoms with Gasteiger partial charge in [-0.3, -0.25) is 0 Å². The van der Waals surface area contributed by atoms with Crippen LogP contribution in [0.25, 0.3) is 0 Å². The van der Waals surface area contributed by atoms with Crippen LogP contribution < -0.4 is 10.1 Å². The van der Waals surface area contributed by atoms with Gasteiger partial charge in [0.1, 0.15) is 10.8 Å². The van der Waals surface area contributed by atoms with E-state index in [0.717, 1.165) is 23.7 Å². The average molecular weight is 290 g/mol. The first-order valence-corrected chi connectivity index (χ1v) is 7.77. The molecule has 0 bridgehead atoms. The third-order valence-corrected chi connectivity index (χ3v) is 4.69. The largest absolute Gasteiger partial charge is 0.496 e. The van der Waals surface area contributed by atoms with Crippen molar-refractivity contribution in [2.45, 2.75) is 39.8 Å². The first kappa shape index (κ1) is 15.0. The standard InChI is InChI=1S/C16H22N2OS/c1-5-14-10-18-16(20-14)12(3)17-9-13-6-7-15(19-4)11(2)8-13/h6-8,10,12,17H,5,9H2,1-4H3. The Balaban J connectivity index is 1.96. The topological polar surface area (TPSA) is 34.2 Å². The number of nitrogens with one attached hydrogen (secondary N) is 1. The van der Waals surface area contributed by atoms with E-state index in [1.165, 1.54) is 16.0 Å². The van der Waals surface area contributed by atoms with Gasteiger partial charge in [-0.2, -0.15) is 0 Å². The maximum absolute atomic E-state index is 5.28. The predicted molar refractivity (Wildman–Crippen MR) is 84.5 cm³/mol. The number of aryl methyl sites for hydroxylation is 2. The number of ether oxygens (including phenoxy) is 1. The molecule has 1 N–H and O–H groups in total.